The highest BCUT2D eigenvalue weighted by Gasteiger charge is 2.14. The van der Waals surface area contributed by atoms with Gasteiger partial charge in [-0.15, -0.1) is 0 Å². The molecule has 0 amide bonds. The van der Waals surface area contributed by atoms with Gasteiger partial charge in [-0.05, 0) is 173 Å². The molecule has 0 unspecified atom stereocenters. The first-order chi connectivity index (χ1) is 20.9. The second-order valence-electron chi connectivity index (χ2n) is 11.5. The number of rotatable bonds is 8. The zero-order chi connectivity index (χ0) is 31.7. The molecule has 226 valence electrons. The molecule has 0 heterocycles. The number of aryl methyl sites for hydroxylation is 8. The zero-order valence-electron chi connectivity index (χ0n) is 26.5. The fraction of sp³-hybridized carbons (Fsp3) is 0.211. The largest absolute Gasteiger partial charge is 0.507 e. The molecule has 0 saturated carbocycles. The highest BCUT2D eigenvalue weighted by molar-refractivity contribution is 5.53. The molecule has 5 rings (SSSR count). The Bertz CT molecular complexity index is 1620. The first kappa shape index (κ1) is 30.4. The van der Waals surface area contributed by atoms with Gasteiger partial charge in [0.2, 0.25) is 0 Å². The highest BCUT2D eigenvalue weighted by atomic mass is 16.5. The van der Waals surface area contributed by atoms with E-state index in [9.17, 15) is 10.2 Å². The van der Waals surface area contributed by atoms with Gasteiger partial charge in [0.05, 0.1) is 0 Å². The van der Waals surface area contributed by atoms with Crippen molar-refractivity contribution in [2.45, 2.75) is 55.4 Å². The molecular weight excluding hydrogens is 552 g/mol. The number of phenols is 2. The van der Waals surface area contributed by atoms with Crippen molar-refractivity contribution in [2.24, 2.45) is 0 Å². The molecule has 0 aromatic heterocycles. The van der Waals surface area contributed by atoms with Crippen molar-refractivity contribution < 1.29 is 29.2 Å². The number of hydrogen-bond donors (Lipinski definition) is 2. The van der Waals surface area contributed by atoms with Crippen molar-refractivity contribution in [2.75, 3.05) is 0 Å². The van der Waals surface area contributed by atoms with E-state index in [1.165, 1.54) is 0 Å². The molecule has 0 aliphatic heterocycles. The molecular formula is C38H38O6. The van der Waals surface area contributed by atoms with Gasteiger partial charge < -0.3 is 29.2 Å². The van der Waals surface area contributed by atoms with E-state index in [-0.39, 0.29) is 11.5 Å². The van der Waals surface area contributed by atoms with Crippen LogP contribution in [0.5, 0.6) is 57.5 Å². The summed E-state index contributed by atoms with van der Waals surface area (Å²) in [5.74, 6) is 6.26. The van der Waals surface area contributed by atoms with Crippen LogP contribution in [0.3, 0.4) is 0 Å². The van der Waals surface area contributed by atoms with Gasteiger partial charge >= 0.3 is 0 Å². The Hall–Kier alpha value is -5.10. The SMILES string of the molecule is Cc1cc(Oc2c(C)cc(Oc3ccc(Oc4cc(C)c(Oc5cc(C)c(O)c(C)c5)c(C)c4)cc3)cc2C)cc(C)c1O. The quantitative estimate of drug-likeness (QED) is 0.187. The summed E-state index contributed by atoms with van der Waals surface area (Å²) >= 11 is 0. The van der Waals surface area contributed by atoms with Crippen LogP contribution < -0.4 is 18.9 Å². The van der Waals surface area contributed by atoms with Crippen LogP contribution in [-0.4, -0.2) is 10.2 Å². The maximum absolute atomic E-state index is 10.1. The molecule has 5 aromatic rings. The monoisotopic (exact) mass is 590 g/mol. The summed E-state index contributed by atoms with van der Waals surface area (Å²) < 4.78 is 24.7. The van der Waals surface area contributed by atoms with Crippen LogP contribution in [0.15, 0.2) is 72.8 Å². The predicted octanol–water partition coefficient (Wildman–Crippen LogP) is 10.7. The minimum absolute atomic E-state index is 0.288. The van der Waals surface area contributed by atoms with Crippen molar-refractivity contribution in [3.63, 3.8) is 0 Å². The standard InChI is InChI=1S/C38H38O6/c1-21-13-33(14-22(2)35(21)39)43-37-25(5)17-31(18-26(37)6)41-29-9-11-30(12-10-29)42-32-19-27(7)38(28(8)20-32)44-34-15-23(3)36(40)24(4)16-34/h9-20,39-40H,1-8H3. The second kappa shape index (κ2) is 12.3. The summed E-state index contributed by atoms with van der Waals surface area (Å²) in [6.07, 6.45) is 0. The lowest BCUT2D eigenvalue weighted by Crippen LogP contribution is -1.95. The molecule has 0 spiro atoms. The van der Waals surface area contributed by atoms with Crippen molar-refractivity contribution in [1.29, 1.82) is 0 Å². The van der Waals surface area contributed by atoms with Gasteiger partial charge in [0.1, 0.15) is 57.5 Å². The lowest BCUT2D eigenvalue weighted by Gasteiger charge is -2.16. The van der Waals surface area contributed by atoms with E-state index in [1.807, 2.05) is 128 Å². The van der Waals surface area contributed by atoms with E-state index in [0.29, 0.717) is 34.5 Å². The normalized spacial score (nSPS) is 10.9. The molecule has 44 heavy (non-hydrogen) atoms. The summed E-state index contributed by atoms with van der Waals surface area (Å²) in [4.78, 5) is 0. The molecule has 0 fully saturated rings. The van der Waals surface area contributed by atoms with Crippen molar-refractivity contribution in [3.8, 4) is 57.5 Å². The third-order valence-electron chi connectivity index (χ3n) is 7.53. The van der Waals surface area contributed by atoms with Crippen LogP contribution in [-0.2, 0) is 0 Å². The maximum atomic E-state index is 10.1. The van der Waals surface area contributed by atoms with E-state index in [4.69, 9.17) is 18.9 Å². The number of aromatic hydroxyl groups is 2. The van der Waals surface area contributed by atoms with Gasteiger partial charge in [-0.25, -0.2) is 0 Å². The summed E-state index contributed by atoms with van der Waals surface area (Å²) in [6, 6.07) is 22.6. The lowest BCUT2D eigenvalue weighted by atomic mass is 10.1. The van der Waals surface area contributed by atoms with Gasteiger partial charge in [-0.3, -0.25) is 0 Å². The average Bonchev–Trinajstić information content (AvgIpc) is 2.95. The molecule has 6 nitrogen and oxygen atoms in total. The van der Waals surface area contributed by atoms with Crippen LogP contribution in [0.25, 0.3) is 0 Å². The molecule has 6 heteroatoms. The highest BCUT2D eigenvalue weighted by Crippen LogP contribution is 2.38. The summed E-state index contributed by atoms with van der Waals surface area (Å²) in [5.41, 5.74) is 6.86. The first-order valence-electron chi connectivity index (χ1n) is 14.5. The molecule has 0 aliphatic rings. The summed E-state index contributed by atoms with van der Waals surface area (Å²) in [5, 5.41) is 20.2. The summed E-state index contributed by atoms with van der Waals surface area (Å²) in [6.45, 7) is 15.4. The average molecular weight is 591 g/mol. The van der Waals surface area contributed by atoms with Crippen molar-refractivity contribution >= 4 is 0 Å². The van der Waals surface area contributed by atoms with Crippen LogP contribution in [0.4, 0.5) is 0 Å². The molecule has 2 N–H and O–H groups in total. The minimum atomic E-state index is 0.288. The van der Waals surface area contributed by atoms with Gasteiger partial charge in [-0.1, -0.05) is 0 Å². The molecule has 0 radical (unpaired) electrons. The van der Waals surface area contributed by atoms with Gasteiger partial charge in [0, 0.05) is 0 Å². The Labute approximate surface area is 259 Å². The van der Waals surface area contributed by atoms with Crippen molar-refractivity contribution in [1.82, 2.24) is 0 Å². The first-order valence-corrected chi connectivity index (χ1v) is 14.5. The van der Waals surface area contributed by atoms with Crippen molar-refractivity contribution in [3.05, 3.63) is 117 Å². The number of ether oxygens (including phenoxy) is 4. The Morgan fingerprint density at radius 3 is 0.818 bits per heavy atom. The zero-order valence-corrected chi connectivity index (χ0v) is 26.5. The molecule has 0 atom stereocenters. The Morgan fingerprint density at radius 2 is 0.545 bits per heavy atom. The fourth-order valence-electron chi connectivity index (χ4n) is 5.29. The van der Waals surface area contributed by atoms with E-state index in [2.05, 4.69) is 0 Å². The maximum Gasteiger partial charge on any atom is 0.133 e. The molecule has 5 aromatic carbocycles. The Balaban J connectivity index is 1.26. The Kier molecular flexibility index (Phi) is 8.45. The van der Waals surface area contributed by atoms with Gasteiger partial charge in [0.15, 0.2) is 0 Å². The summed E-state index contributed by atoms with van der Waals surface area (Å²) in [7, 11) is 0. The molecule has 0 aliphatic carbocycles. The second-order valence-corrected chi connectivity index (χ2v) is 11.5. The topological polar surface area (TPSA) is 77.4 Å². The third-order valence-corrected chi connectivity index (χ3v) is 7.53. The van der Waals surface area contributed by atoms with E-state index in [1.54, 1.807) is 0 Å². The van der Waals surface area contributed by atoms with E-state index >= 15 is 0 Å². The Morgan fingerprint density at radius 1 is 0.318 bits per heavy atom. The number of phenolic OH excluding ortho intramolecular Hbond substituents is 2. The van der Waals surface area contributed by atoms with Crippen LogP contribution in [0.1, 0.15) is 44.5 Å². The number of hydrogen-bond acceptors (Lipinski definition) is 6. The van der Waals surface area contributed by atoms with Crippen LogP contribution in [0, 0.1) is 55.4 Å². The smallest absolute Gasteiger partial charge is 0.133 e. The number of benzene rings is 5. The minimum Gasteiger partial charge on any atom is -0.507 e. The fourth-order valence-corrected chi connectivity index (χ4v) is 5.29. The van der Waals surface area contributed by atoms with Crippen LogP contribution in [0.2, 0.25) is 0 Å². The third kappa shape index (κ3) is 6.60. The predicted molar refractivity (Wildman–Crippen MR) is 174 cm³/mol. The van der Waals surface area contributed by atoms with Gasteiger partial charge in [-0.2, -0.15) is 0 Å². The lowest BCUT2D eigenvalue weighted by molar-refractivity contribution is 0.449. The van der Waals surface area contributed by atoms with Crippen LogP contribution >= 0.6 is 0 Å². The van der Waals surface area contributed by atoms with E-state index < -0.39 is 0 Å². The van der Waals surface area contributed by atoms with E-state index in [0.717, 1.165) is 56.0 Å². The molecule has 0 bridgehead atoms. The van der Waals surface area contributed by atoms with Gasteiger partial charge in [0.25, 0.3) is 0 Å². The molecule has 0 saturated heterocycles.